The molecule has 0 saturated heterocycles. The molecule has 2 aromatic rings. The van der Waals surface area contributed by atoms with Crippen molar-refractivity contribution in [1.82, 2.24) is 0 Å². The van der Waals surface area contributed by atoms with E-state index in [0.29, 0.717) is 23.4 Å². The highest BCUT2D eigenvalue weighted by atomic mass is 79.9. The van der Waals surface area contributed by atoms with Crippen molar-refractivity contribution in [3.8, 4) is 0 Å². The number of rotatable bonds is 5. The maximum absolute atomic E-state index is 12.2. The number of esters is 1. The molecule has 0 unspecified atom stereocenters. The van der Waals surface area contributed by atoms with Gasteiger partial charge in [-0.25, -0.2) is 4.79 Å². The van der Waals surface area contributed by atoms with E-state index >= 15 is 0 Å². The second-order valence-corrected chi connectivity index (χ2v) is 5.99. The molecule has 4 nitrogen and oxygen atoms in total. The second kappa shape index (κ2) is 7.92. The van der Waals surface area contributed by atoms with Gasteiger partial charge in [0.25, 0.3) is 5.91 Å². The van der Waals surface area contributed by atoms with Gasteiger partial charge in [0.05, 0.1) is 12.2 Å². The number of carbonyl (C=O) groups is 2. The fraction of sp³-hybridized carbons (Fsp3) is 0.222. The number of ether oxygens (including phenoxy) is 1. The number of nitrogens with one attached hydrogen (secondary N) is 1. The number of anilines is 1. The van der Waals surface area contributed by atoms with Crippen LogP contribution >= 0.6 is 15.9 Å². The lowest BCUT2D eigenvalue weighted by Crippen LogP contribution is -2.12. The minimum absolute atomic E-state index is 0.202. The summed E-state index contributed by atoms with van der Waals surface area (Å²) < 4.78 is 5.95. The first-order chi connectivity index (χ1) is 11.0. The van der Waals surface area contributed by atoms with Gasteiger partial charge < -0.3 is 10.1 Å². The highest BCUT2D eigenvalue weighted by Gasteiger charge is 2.09. The summed E-state index contributed by atoms with van der Waals surface area (Å²) >= 11 is 3.41. The van der Waals surface area contributed by atoms with Crippen molar-refractivity contribution in [2.75, 3.05) is 11.9 Å². The summed E-state index contributed by atoms with van der Waals surface area (Å²) in [5, 5.41) is 2.80. The number of benzene rings is 2. The Morgan fingerprint density at radius 3 is 2.35 bits per heavy atom. The number of halogens is 1. The van der Waals surface area contributed by atoms with Crippen molar-refractivity contribution in [1.29, 1.82) is 0 Å². The SMILES string of the molecule is CCCOC(=O)c1ccc(NC(=O)c2ccc(C)c(Br)c2)cc1. The zero-order valence-electron chi connectivity index (χ0n) is 13.1. The number of carbonyl (C=O) groups excluding carboxylic acids is 2. The fourth-order valence-corrected chi connectivity index (χ4v) is 2.28. The van der Waals surface area contributed by atoms with Crippen molar-refractivity contribution in [2.45, 2.75) is 20.3 Å². The van der Waals surface area contributed by atoms with E-state index in [-0.39, 0.29) is 11.9 Å². The molecule has 5 heteroatoms. The van der Waals surface area contributed by atoms with Gasteiger partial charge in [0.2, 0.25) is 0 Å². The van der Waals surface area contributed by atoms with Gasteiger partial charge in [0, 0.05) is 15.7 Å². The van der Waals surface area contributed by atoms with Crippen LogP contribution in [-0.2, 0) is 4.74 Å². The molecule has 0 saturated carbocycles. The molecule has 0 aliphatic carbocycles. The molecule has 2 rings (SSSR count). The average Bonchev–Trinajstić information content (AvgIpc) is 2.55. The third kappa shape index (κ3) is 4.66. The minimum atomic E-state index is -0.354. The van der Waals surface area contributed by atoms with Gasteiger partial charge in [-0.15, -0.1) is 0 Å². The lowest BCUT2D eigenvalue weighted by atomic mass is 10.1. The van der Waals surface area contributed by atoms with E-state index < -0.39 is 0 Å². The highest BCUT2D eigenvalue weighted by molar-refractivity contribution is 9.10. The molecule has 0 aliphatic rings. The molecular formula is C18H18BrNO3. The predicted molar refractivity (Wildman–Crippen MR) is 93.8 cm³/mol. The number of hydrogen-bond acceptors (Lipinski definition) is 3. The quantitative estimate of drug-likeness (QED) is 0.778. The van der Waals surface area contributed by atoms with Gasteiger partial charge >= 0.3 is 5.97 Å². The molecule has 0 fully saturated rings. The summed E-state index contributed by atoms with van der Waals surface area (Å²) in [5.41, 5.74) is 2.72. The second-order valence-electron chi connectivity index (χ2n) is 5.13. The number of aryl methyl sites for hydroxylation is 1. The Kier molecular flexibility index (Phi) is 5.93. The highest BCUT2D eigenvalue weighted by Crippen LogP contribution is 2.19. The van der Waals surface area contributed by atoms with E-state index in [0.717, 1.165) is 16.5 Å². The summed E-state index contributed by atoms with van der Waals surface area (Å²) in [5.74, 6) is -0.556. The summed E-state index contributed by atoms with van der Waals surface area (Å²) in [6, 6.07) is 12.1. The standard InChI is InChI=1S/C18H18BrNO3/c1-3-10-23-18(22)13-6-8-15(9-7-13)20-17(21)14-5-4-12(2)16(19)11-14/h4-9,11H,3,10H2,1-2H3,(H,20,21). The lowest BCUT2D eigenvalue weighted by Gasteiger charge is -2.08. The van der Waals surface area contributed by atoms with Gasteiger partial charge in [-0.05, 0) is 55.3 Å². The Balaban J connectivity index is 2.04. The molecule has 0 heterocycles. The van der Waals surface area contributed by atoms with Crippen LogP contribution in [0.1, 0.15) is 39.6 Å². The Morgan fingerprint density at radius 2 is 1.74 bits per heavy atom. The van der Waals surface area contributed by atoms with Gasteiger partial charge in [-0.1, -0.05) is 28.9 Å². The van der Waals surface area contributed by atoms with Crippen molar-refractivity contribution in [3.05, 3.63) is 63.6 Å². The van der Waals surface area contributed by atoms with Crippen molar-refractivity contribution in [2.24, 2.45) is 0 Å². The maximum atomic E-state index is 12.2. The predicted octanol–water partition coefficient (Wildman–Crippen LogP) is 4.58. The van der Waals surface area contributed by atoms with Crippen LogP contribution in [0.15, 0.2) is 46.9 Å². The molecule has 0 radical (unpaired) electrons. The molecular weight excluding hydrogens is 358 g/mol. The Labute approximate surface area is 144 Å². The van der Waals surface area contributed by atoms with E-state index in [4.69, 9.17) is 4.74 Å². The van der Waals surface area contributed by atoms with Crippen LogP contribution in [0.3, 0.4) is 0 Å². The van der Waals surface area contributed by atoms with E-state index in [1.54, 1.807) is 36.4 Å². The third-order valence-corrected chi connectivity index (χ3v) is 4.10. The molecule has 0 bridgehead atoms. The van der Waals surface area contributed by atoms with Crippen LogP contribution < -0.4 is 5.32 Å². The van der Waals surface area contributed by atoms with E-state index in [2.05, 4.69) is 21.2 Å². The fourth-order valence-electron chi connectivity index (χ4n) is 1.91. The largest absolute Gasteiger partial charge is 0.462 e. The van der Waals surface area contributed by atoms with Crippen LogP contribution in [0.4, 0.5) is 5.69 Å². The molecule has 2 aromatic carbocycles. The number of hydrogen-bond donors (Lipinski definition) is 1. The first-order valence-corrected chi connectivity index (χ1v) is 8.15. The van der Waals surface area contributed by atoms with Crippen molar-refractivity contribution < 1.29 is 14.3 Å². The molecule has 1 N–H and O–H groups in total. The first kappa shape index (κ1) is 17.2. The van der Waals surface area contributed by atoms with E-state index in [1.165, 1.54) is 0 Å². The summed E-state index contributed by atoms with van der Waals surface area (Å²) in [7, 11) is 0. The van der Waals surface area contributed by atoms with Gasteiger partial charge in [-0.2, -0.15) is 0 Å². The molecule has 0 atom stereocenters. The molecule has 0 aromatic heterocycles. The van der Waals surface area contributed by atoms with Crippen molar-refractivity contribution in [3.63, 3.8) is 0 Å². The topological polar surface area (TPSA) is 55.4 Å². The third-order valence-electron chi connectivity index (χ3n) is 3.25. The van der Waals surface area contributed by atoms with Gasteiger partial charge in [0.15, 0.2) is 0 Å². The summed E-state index contributed by atoms with van der Waals surface area (Å²) in [6.07, 6.45) is 0.784. The van der Waals surface area contributed by atoms with Crippen LogP contribution in [-0.4, -0.2) is 18.5 Å². The molecule has 1 amide bonds. The molecule has 120 valence electrons. The van der Waals surface area contributed by atoms with Crippen molar-refractivity contribution >= 4 is 33.5 Å². The van der Waals surface area contributed by atoms with Gasteiger partial charge in [-0.3, -0.25) is 4.79 Å². The zero-order valence-corrected chi connectivity index (χ0v) is 14.6. The van der Waals surface area contributed by atoms with E-state index in [1.807, 2.05) is 19.9 Å². The van der Waals surface area contributed by atoms with Crippen LogP contribution in [0.5, 0.6) is 0 Å². The lowest BCUT2D eigenvalue weighted by molar-refractivity contribution is 0.0505. The molecule has 0 aliphatic heterocycles. The first-order valence-electron chi connectivity index (χ1n) is 7.36. The van der Waals surface area contributed by atoms with E-state index in [9.17, 15) is 9.59 Å². The molecule has 23 heavy (non-hydrogen) atoms. The molecule has 0 spiro atoms. The zero-order chi connectivity index (χ0) is 16.8. The Bertz CT molecular complexity index is 711. The van der Waals surface area contributed by atoms with Crippen LogP contribution in [0, 0.1) is 6.92 Å². The average molecular weight is 376 g/mol. The normalized spacial score (nSPS) is 10.2. The summed E-state index contributed by atoms with van der Waals surface area (Å²) in [6.45, 7) is 4.30. The van der Waals surface area contributed by atoms with Crippen LogP contribution in [0.2, 0.25) is 0 Å². The number of amides is 1. The smallest absolute Gasteiger partial charge is 0.338 e. The van der Waals surface area contributed by atoms with Gasteiger partial charge in [0.1, 0.15) is 0 Å². The Morgan fingerprint density at radius 1 is 1.09 bits per heavy atom. The minimum Gasteiger partial charge on any atom is -0.462 e. The monoisotopic (exact) mass is 375 g/mol. The maximum Gasteiger partial charge on any atom is 0.338 e. The summed E-state index contributed by atoms with van der Waals surface area (Å²) in [4.78, 5) is 23.9. The van der Waals surface area contributed by atoms with Crippen LogP contribution in [0.25, 0.3) is 0 Å². The Hall–Kier alpha value is -2.14.